The molecule has 0 fully saturated rings. The van der Waals surface area contributed by atoms with Gasteiger partial charge in [-0.25, -0.2) is 22.6 Å². The normalized spacial score (nSPS) is 17.7. The second-order valence-electron chi connectivity index (χ2n) is 5.33. The van der Waals surface area contributed by atoms with Gasteiger partial charge < -0.3 is 16.2 Å². The van der Waals surface area contributed by atoms with Gasteiger partial charge in [-0.15, -0.1) is 11.3 Å². The van der Waals surface area contributed by atoms with Crippen LogP contribution in [0.5, 0.6) is 0 Å². The van der Waals surface area contributed by atoms with Crippen LogP contribution in [-0.4, -0.2) is 48.5 Å². The lowest BCUT2D eigenvalue weighted by Crippen LogP contribution is -2.32. The largest absolute Gasteiger partial charge is 0.476 e. The summed E-state index contributed by atoms with van der Waals surface area (Å²) >= 11 is 0.794. The minimum Gasteiger partial charge on any atom is -0.476 e. The van der Waals surface area contributed by atoms with Crippen LogP contribution in [0.15, 0.2) is 34.2 Å². The quantitative estimate of drug-likeness (QED) is 0.372. The number of thiazole rings is 1. The van der Waals surface area contributed by atoms with Gasteiger partial charge in [0.05, 0.1) is 17.6 Å². The number of carbonyl (C=O) groups excluding carboxylic acids is 1. The molecule has 10 nitrogen and oxygen atoms in total. The number of allylic oxidation sites excluding steroid dienone is 2. The van der Waals surface area contributed by atoms with E-state index in [4.69, 9.17) is 10.8 Å². The van der Waals surface area contributed by atoms with Gasteiger partial charge in [-0.1, -0.05) is 6.08 Å². The molecule has 0 radical (unpaired) electrons. The molecule has 0 saturated heterocycles. The number of aromatic nitrogens is 1. The van der Waals surface area contributed by atoms with Gasteiger partial charge >= 0.3 is 5.97 Å². The minimum absolute atomic E-state index is 0.0664. The van der Waals surface area contributed by atoms with E-state index in [1.807, 2.05) is 0 Å². The fraction of sp³-hybridized carbons (Fsp3) is 0.286. The number of amides is 1. The summed E-state index contributed by atoms with van der Waals surface area (Å²) in [4.78, 5) is 29.9. The van der Waals surface area contributed by atoms with E-state index in [0.29, 0.717) is 0 Å². The number of carboxylic acids is 1. The van der Waals surface area contributed by atoms with Gasteiger partial charge in [0.25, 0.3) is 0 Å². The van der Waals surface area contributed by atoms with E-state index in [0.717, 1.165) is 17.4 Å². The van der Waals surface area contributed by atoms with E-state index < -0.39 is 38.7 Å². The van der Waals surface area contributed by atoms with Gasteiger partial charge in [0.2, 0.25) is 15.9 Å². The van der Waals surface area contributed by atoms with Gasteiger partial charge in [0.1, 0.15) is 21.9 Å². The number of carboxylic acid groups (broad SMARTS) is 1. The van der Waals surface area contributed by atoms with Gasteiger partial charge in [0.15, 0.2) is 5.69 Å². The van der Waals surface area contributed by atoms with Gasteiger partial charge in [-0.05, 0) is 12.5 Å². The Morgan fingerprint density at radius 3 is 2.81 bits per heavy atom. The Morgan fingerprint density at radius 2 is 2.22 bits per heavy atom. The number of hydrogen-bond donors (Lipinski definition) is 4. The summed E-state index contributed by atoms with van der Waals surface area (Å²) in [7, 11) is -2.72. The molecule has 13 heteroatoms. The molecule has 1 aliphatic carbocycles. The van der Waals surface area contributed by atoms with Crippen molar-refractivity contribution >= 4 is 44.1 Å². The fourth-order valence-corrected chi connectivity index (χ4v) is 4.30. The highest BCUT2D eigenvalue weighted by molar-refractivity contribution is 7.93. The second kappa shape index (κ2) is 8.26. The number of anilines is 1. The average Bonchev–Trinajstić information content (AvgIpc) is 3.04. The molecule has 146 valence electrons. The number of nitrogens with two attached hydrogens (primary N) is 1. The van der Waals surface area contributed by atoms with Crippen LogP contribution in [-0.2, 0) is 14.8 Å². The third-order valence-electron chi connectivity index (χ3n) is 3.45. The van der Waals surface area contributed by atoms with Gasteiger partial charge in [-0.2, -0.15) is 0 Å². The first-order chi connectivity index (χ1) is 12.6. The summed E-state index contributed by atoms with van der Waals surface area (Å²) in [5, 5.41) is 9.81. The smallest absolute Gasteiger partial charge is 0.357 e. The van der Waals surface area contributed by atoms with Crippen molar-refractivity contribution in [2.75, 3.05) is 11.8 Å². The Bertz CT molecular complexity index is 951. The molecule has 1 aromatic heterocycles. The van der Waals surface area contributed by atoms with Crippen LogP contribution >= 0.6 is 11.3 Å². The predicted molar refractivity (Wildman–Crippen MR) is 97.6 cm³/mol. The van der Waals surface area contributed by atoms with Crippen LogP contribution in [0.2, 0.25) is 0 Å². The minimum atomic E-state index is -4.13. The number of halogens is 1. The molecular formula is C14H16FN5O5S2. The predicted octanol–water partition coefficient (Wildman–Crippen LogP) is 0.586. The molecule has 1 aromatic rings. The van der Waals surface area contributed by atoms with Crippen LogP contribution in [0.4, 0.5) is 9.39 Å². The Morgan fingerprint density at radius 1 is 1.52 bits per heavy atom. The van der Waals surface area contributed by atoms with Crippen molar-refractivity contribution in [3.05, 3.63) is 34.9 Å². The topological polar surface area (TPSA) is 164 Å². The molecule has 0 saturated carbocycles. The summed E-state index contributed by atoms with van der Waals surface area (Å²) < 4.78 is 41.1. The Hall–Kier alpha value is -2.80. The monoisotopic (exact) mass is 417 g/mol. The third-order valence-corrected chi connectivity index (χ3v) is 5.94. The number of aliphatic imine (C=N–C) groups is 1. The number of sulfonamides is 1. The molecule has 1 heterocycles. The van der Waals surface area contributed by atoms with E-state index in [1.54, 1.807) is 0 Å². The molecule has 1 aliphatic rings. The maximum atomic E-state index is 14.2. The van der Waals surface area contributed by atoms with Crippen molar-refractivity contribution in [1.29, 1.82) is 0 Å². The summed E-state index contributed by atoms with van der Waals surface area (Å²) in [5.41, 5.74) is 5.99. The molecule has 5 N–H and O–H groups in total. The zero-order valence-electron chi connectivity index (χ0n) is 14.0. The summed E-state index contributed by atoms with van der Waals surface area (Å²) in [5.74, 6) is -2.85. The maximum Gasteiger partial charge on any atom is 0.357 e. The molecule has 1 unspecified atom stereocenters. The summed E-state index contributed by atoms with van der Waals surface area (Å²) in [6, 6.07) is 0. The number of aromatic carboxylic acids is 1. The Labute approximate surface area is 157 Å². The fourth-order valence-electron chi connectivity index (χ4n) is 2.09. The van der Waals surface area contributed by atoms with Crippen LogP contribution in [0.25, 0.3) is 0 Å². The van der Waals surface area contributed by atoms with Crippen molar-refractivity contribution in [3.63, 3.8) is 0 Å². The molecule has 0 aromatic carbocycles. The number of amidine groups is 1. The van der Waals surface area contributed by atoms with Gasteiger partial charge in [0, 0.05) is 7.05 Å². The lowest BCUT2D eigenvalue weighted by Gasteiger charge is -2.19. The molecule has 0 bridgehead atoms. The van der Waals surface area contributed by atoms with E-state index in [-0.39, 0.29) is 29.4 Å². The average molecular weight is 417 g/mol. The van der Waals surface area contributed by atoms with Crippen molar-refractivity contribution in [3.8, 4) is 0 Å². The zero-order valence-corrected chi connectivity index (χ0v) is 15.6. The van der Waals surface area contributed by atoms with Crippen molar-refractivity contribution in [1.82, 2.24) is 10.3 Å². The lowest BCUT2D eigenvalue weighted by atomic mass is 10.1. The van der Waals surface area contributed by atoms with E-state index in [9.17, 15) is 22.4 Å². The molecular weight excluding hydrogens is 401 g/mol. The first kappa shape index (κ1) is 20.5. The Kier molecular flexibility index (Phi) is 6.28. The molecule has 1 amide bonds. The number of carbonyl (C=O) groups is 2. The zero-order chi connectivity index (χ0) is 20.2. The molecule has 0 aliphatic heterocycles. The molecule has 27 heavy (non-hydrogen) atoms. The van der Waals surface area contributed by atoms with Crippen LogP contribution in [0.3, 0.4) is 0 Å². The molecule has 1 atom stereocenters. The van der Waals surface area contributed by atoms with E-state index in [2.05, 4.69) is 20.0 Å². The Balaban J connectivity index is 2.09. The van der Waals surface area contributed by atoms with Gasteiger partial charge in [-0.3, -0.25) is 14.5 Å². The maximum absolute atomic E-state index is 14.2. The molecule has 0 spiro atoms. The van der Waals surface area contributed by atoms with E-state index in [1.165, 1.54) is 18.6 Å². The highest BCUT2D eigenvalue weighted by Crippen LogP contribution is 2.27. The summed E-state index contributed by atoms with van der Waals surface area (Å²) in [6.45, 7) is 0. The van der Waals surface area contributed by atoms with Crippen molar-refractivity contribution in [2.45, 2.75) is 18.1 Å². The van der Waals surface area contributed by atoms with Crippen LogP contribution in [0.1, 0.15) is 23.3 Å². The SMILES string of the molecule is CN=C(N)CC(=O)NC1=CCC(S(=O)(=O)Nc2scnc2C(=O)O)C=C1F. The van der Waals surface area contributed by atoms with E-state index >= 15 is 0 Å². The second-order valence-corrected chi connectivity index (χ2v) is 8.08. The molecule has 2 rings (SSSR count). The standard InChI is InChI=1S/C14H16FN5O5S2/c1-17-10(16)5-11(21)19-9-3-2-7(4-8(9)15)27(24,25)20-13-12(14(22)23)18-6-26-13/h3-4,6-7,20H,2,5H2,1H3,(H2,16,17)(H,19,21)(H,22,23). The summed E-state index contributed by atoms with van der Waals surface area (Å²) in [6.07, 6.45) is 1.70. The lowest BCUT2D eigenvalue weighted by molar-refractivity contribution is -0.119. The highest BCUT2D eigenvalue weighted by atomic mass is 32.2. The number of nitrogens with one attached hydrogen (secondary N) is 2. The van der Waals surface area contributed by atoms with Crippen molar-refractivity contribution < 1.29 is 27.5 Å². The van der Waals surface area contributed by atoms with Crippen LogP contribution < -0.4 is 15.8 Å². The van der Waals surface area contributed by atoms with Crippen molar-refractivity contribution in [2.24, 2.45) is 10.7 Å². The first-order valence-electron chi connectivity index (χ1n) is 7.41. The first-order valence-corrected chi connectivity index (χ1v) is 9.84. The number of rotatable bonds is 7. The third kappa shape index (κ3) is 5.10. The number of hydrogen-bond acceptors (Lipinski definition) is 7. The highest BCUT2D eigenvalue weighted by Gasteiger charge is 2.30. The van der Waals surface area contributed by atoms with Crippen LogP contribution in [0, 0.1) is 0 Å². The number of nitrogens with zero attached hydrogens (tertiary/aromatic N) is 2.